The van der Waals surface area contributed by atoms with E-state index in [1.54, 1.807) is 18.2 Å². The maximum atomic E-state index is 9.46. The van der Waals surface area contributed by atoms with E-state index in [2.05, 4.69) is 9.97 Å². The molecule has 0 atom stereocenters. The molecule has 1 fully saturated rings. The second-order valence-corrected chi connectivity index (χ2v) is 5.80. The zero-order chi connectivity index (χ0) is 19.2. The van der Waals surface area contributed by atoms with Crippen molar-refractivity contribution in [2.75, 3.05) is 38.4 Å². The summed E-state index contributed by atoms with van der Waals surface area (Å²) in [7, 11) is 1.53. The highest BCUT2D eigenvalue weighted by Gasteiger charge is 2.21. The van der Waals surface area contributed by atoms with Crippen molar-refractivity contribution in [2.45, 2.75) is 19.1 Å². The number of hydrogen-bond acceptors (Lipinski definition) is 9. The van der Waals surface area contributed by atoms with E-state index in [0.29, 0.717) is 49.0 Å². The van der Waals surface area contributed by atoms with Crippen molar-refractivity contribution in [3.63, 3.8) is 0 Å². The summed E-state index contributed by atoms with van der Waals surface area (Å²) in [5.41, 5.74) is 12.5. The minimum Gasteiger partial charge on any atom is -0.493 e. The van der Waals surface area contributed by atoms with E-state index in [1.165, 1.54) is 7.11 Å². The first kappa shape index (κ1) is 18.7. The smallest absolute Gasteiger partial charge is 0.222 e. The van der Waals surface area contributed by atoms with Gasteiger partial charge in [0.05, 0.1) is 32.6 Å². The maximum absolute atomic E-state index is 9.46. The molecule has 9 nitrogen and oxygen atoms in total. The summed E-state index contributed by atoms with van der Waals surface area (Å²) < 4.78 is 22.4. The van der Waals surface area contributed by atoms with Gasteiger partial charge in [-0.25, -0.2) is 4.98 Å². The first-order valence-corrected chi connectivity index (χ1v) is 8.50. The number of hydrogen-bond donors (Lipinski definition) is 2. The van der Waals surface area contributed by atoms with E-state index in [4.69, 9.17) is 30.4 Å². The second kappa shape index (κ2) is 8.53. The van der Waals surface area contributed by atoms with Crippen molar-refractivity contribution in [1.82, 2.24) is 9.97 Å². The quantitative estimate of drug-likeness (QED) is 0.777. The van der Waals surface area contributed by atoms with Gasteiger partial charge in [-0.2, -0.15) is 10.2 Å². The van der Waals surface area contributed by atoms with E-state index in [0.717, 1.165) is 6.42 Å². The third-order valence-corrected chi connectivity index (χ3v) is 4.02. The van der Waals surface area contributed by atoms with Crippen LogP contribution in [0.2, 0.25) is 0 Å². The van der Waals surface area contributed by atoms with Crippen LogP contribution in [0.1, 0.15) is 18.4 Å². The van der Waals surface area contributed by atoms with Crippen LogP contribution in [0.15, 0.2) is 18.2 Å². The van der Waals surface area contributed by atoms with Gasteiger partial charge in [0.2, 0.25) is 5.95 Å². The van der Waals surface area contributed by atoms with Crippen LogP contribution in [0.25, 0.3) is 11.3 Å². The standard InChI is InChI=1S/C18H21N5O4/c1-24-13-5-2-4-11(15-12(10-19)17(20)23-18(21)22-15)16(13)27-9-6-14-25-7-3-8-26-14/h2,4-5,14H,3,6-9H2,1H3,(H4,20,21,22,23). The number of nitrogens with two attached hydrogens (primary N) is 2. The summed E-state index contributed by atoms with van der Waals surface area (Å²) in [5.74, 6) is 0.916. The molecule has 9 heteroatoms. The van der Waals surface area contributed by atoms with E-state index >= 15 is 0 Å². The number of benzene rings is 1. The molecule has 2 aromatic rings. The Morgan fingerprint density at radius 1 is 1.26 bits per heavy atom. The molecule has 1 aliphatic heterocycles. The molecule has 1 aromatic carbocycles. The predicted octanol–water partition coefficient (Wildman–Crippen LogP) is 1.72. The molecule has 0 unspecified atom stereocenters. The van der Waals surface area contributed by atoms with Crippen molar-refractivity contribution in [2.24, 2.45) is 0 Å². The van der Waals surface area contributed by atoms with Gasteiger partial charge in [-0.05, 0) is 18.6 Å². The van der Waals surface area contributed by atoms with Crippen LogP contribution in [0.4, 0.5) is 11.8 Å². The molecule has 0 aliphatic carbocycles. The van der Waals surface area contributed by atoms with Crippen LogP contribution in [-0.4, -0.2) is 43.2 Å². The third-order valence-electron chi connectivity index (χ3n) is 4.02. The summed E-state index contributed by atoms with van der Waals surface area (Å²) in [4.78, 5) is 8.03. The fraction of sp³-hybridized carbons (Fsp3) is 0.389. The van der Waals surface area contributed by atoms with Gasteiger partial charge < -0.3 is 30.4 Å². The lowest BCUT2D eigenvalue weighted by Gasteiger charge is -2.23. The molecule has 1 saturated heterocycles. The Labute approximate surface area is 156 Å². The molecule has 0 radical (unpaired) electrons. The van der Waals surface area contributed by atoms with Crippen LogP contribution in [0.3, 0.4) is 0 Å². The Hall–Kier alpha value is -3.09. The average molecular weight is 371 g/mol. The number of nitrogen functional groups attached to an aromatic ring is 2. The van der Waals surface area contributed by atoms with Gasteiger partial charge in [-0.1, -0.05) is 6.07 Å². The zero-order valence-electron chi connectivity index (χ0n) is 15.0. The molecule has 0 bridgehead atoms. The number of aromatic nitrogens is 2. The molecule has 3 rings (SSSR count). The number of nitrogens with zero attached hydrogens (tertiary/aromatic N) is 3. The summed E-state index contributed by atoms with van der Waals surface area (Å²) >= 11 is 0. The molecule has 0 saturated carbocycles. The summed E-state index contributed by atoms with van der Waals surface area (Å²) in [6.45, 7) is 1.68. The Balaban J connectivity index is 1.91. The molecule has 1 aliphatic rings. The predicted molar refractivity (Wildman–Crippen MR) is 98.0 cm³/mol. The second-order valence-electron chi connectivity index (χ2n) is 5.80. The number of ether oxygens (including phenoxy) is 4. The first-order valence-electron chi connectivity index (χ1n) is 8.50. The highest BCUT2D eigenvalue weighted by molar-refractivity contribution is 5.79. The lowest BCUT2D eigenvalue weighted by atomic mass is 10.1. The van der Waals surface area contributed by atoms with E-state index in [-0.39, 0.29) is 23.6 Å². The van der Waals surface area contributed by atoms with Crippen LogP contribution >= 0.6 is 0 Å². The molecule has 4 N–H and O–H groups in total. The third kappa shape index (κ3) is 4.19. The van der Waals surface area contributed by atoms with E-state index < -0.39 is 0 Å². The molecular formula is C18H21N5O4. The summed E-state index contributed by atoms with van der Waals surface area (Å²) in [6.07, 6.45) is 1.15. The van der Waals surface area contributed by atoms with Crippen molar-refractivity contribution in [1.29, 1.82) is 5.26 Å². The highest BCUT2D eigenvalue weighted by Crippen LogP contribution is 2.39. The maximum Gasteiger partial charge on any atom is 0.222 e. The minimum atomic E-state index is -0.295. The Morgan fingerprint density at radius 2 is 2.04 bits per heavy atom. The SMILES string of the molecule is COc1cccc(-c2nc(N)nc(N)c2C#N)c1OCCC1OCCCO1. The molecule has 27 heavy (non-hydrogen) atoms. The fourth-order valence-corrected chi connectivity index (χ4v) is 2.77. The van der Waals surface area contributed by atoms with Crippen LogP contribution in [0.5, 0.6) is 11.5 Å². The molecule has 0 amide bonds. The number of methoxy groups -OCH3 is 1. The normalized spacial score (nSPS) is 14.5. The average Bonchev–Trinajstić information content (AvgIpc) is 2.68. The molecule has 142 valence electrons. The summed E-state index contributed by atoms with van der Waals surface area (Å²) in [6, 6.07) is 7.30. The van der Waals surface area contributed by atoms with Gasteiger partial charge in [-0.15, -0.1) is 0 Å². The number of rotatable bonds is 6. The fourth-order valence-electron chi connectivity index (χ4n) is 2.77. The number of nitriles is 1. The lowest BCUT2D eigenvalue weighted by molar-refractivity contribution is -0.183. The number of para-hydroxylation sites is 1. The molecule has 2 heterocycles. The lowest BCUT2D eigenvalue weighted by Crippen LogP contribution is -2.26. The van der Waals surface area contributed by atoms with Crippen molar-refractivity contribution < 1.29 is 18.9 Å². The van der Waals surface area contributed by atoms with Gasteiger partial charge in [0.25, 0.3) is 0 Å². The van der Waals surface area contributed by atoms with E-state index in [1.807, 2.05) is 6.07 Å². The Bertz CT molecular complexity index is 846. The minimum absolute atomic E-state index is 0.0118. The molecular weight excluding hydrogens is 350 g/mol. The monoisotopic (exact) mass is 371 g/mol. The zero-order valence-corrected chi connectivity index (χ0v) is 15.0. The van der Waals surface area contributed by atoms with Gasteiger partial charge in [0.1, 0.15) is 17.5 Å². The Kier molecular flexibility index (Phi) is 5.90. The van der Waals surface area contributed by atoms with Gasteiger partial charge in [0, 0.05) is 12.0 Å². The topological polar surface area (TPSA) is 139 Å². The first-order chi connectivity index (χ1) is 13.1. The van der Waals surface area contributed by atoms with E-state index in [9.17, 15) is 5.26 Å². The van der Waals surface area contributed by atoms with Crippen molar-refractivity contribution >= 4 is 11.8 Å². The Morgan fingerprint density at radius 3 is 2.74 bits per heavy atom. The van der Waals surface area contributed by atoms with Crippen LogP contribution < -0.4 is 20.9 Å². The largest absolute Gasteiger partial charge is 0.493 e. The summed E-state index contributed by atoms with van der Waals surface area (Å²) in [5, 5.41) is 9.46. The van der Waals surface area contributed by atoms with Gasteiger partial charge >= 0.3 is 0 Å². The van der Waals surface area contributed by atoms with Crippen LogP contribution in [-0.2, 0) is 9.47 Å². The van der Waals surface area contributed by atoms with Gasteiger partial charge in [0.15, 0.2) is 17.8 Å². The van der Waals surface area contributed by atoms with Crippen molar-refractivity contribution in [3.05, 3.63) is 23.8 Å². The number of anilines is 2. The van der Waals surface area contributed by atoms with Crippen molar-refractivity contribution in [3.8, 4) is 28.8 Å². The molecule has 0 spiro atoms. The highest BCUT2D eigenvalue weighted by atomic mass is 16.7. The van der Waals surface area contributed by atoms with Gasteiger partial charge in [-0.3, -0.25) is 0 Å². The molecule has 1 aromatic heterocycles. The van der Waals surface area contributed by atoms with Crippen LogP contribution in [0, 0.1) is 11.3 Å².